The van der Waals surface area contributed by atoms with Gasteiger partial charge in [-0.2, -0.15) is 0 Å². The van der Waals surface area contributed by atoms with Gasteiger partial charge in [0.25, 0.3) is 0 Å². The Labute approximate surface area is 120 Å². The van der Waals surface area contributed by atoms with E-state index >= 15 is 0 Å². The van der Waals surface area contributed by atoms with E-state index in [1.807, 2.05) is 32.2 Å². The summed E-state index contributed by atoms with van der Waals surface area (Å²) in [5, 5.41) is 6.74. The molecule has 4 heteroatoms. The van der Waals surface area contributed by atoms with Crippen LogP contribution in [-0.2, 0) is 4.74 Å². The summed E-state index contributed by atoms with van der Waals surface area (Å²) >= 11 is 0. The molecule has 1 aromatic carbocycles. The van der Waals surface area contributed by atoms with Gasteiger partial charge in [-0.05, 0) is 38.0 Å². The van der Waals surface area contributed by atoms with E-state index in [4.69, 9.17) is 4.74 Å². The third-order valence-corrected chi connectivity index (χ3v) is 3.76. The van der Waals surface area contributed by atoms with E-state index in [0.717, 1.165) is 11.4 Å². The molecule has 0 aromatic heterocycles. The maximum Gasteiger partial charge on any atom is 0.338 e. The predicted octanol–water partition coefficient (Wildman–Crippen LogP) is 3.65. The third-order valence-electron chi connectivity index (χ3n) is 3.76. The third kappa shape index (κ3) is 3.65. The fourth-order valence-corrected chi connectivity index (χ4v) is 2.69. The lowest BCUT2D eigenvalue weighted by Gasteiger charge is -2.25. The number of ether oxygens (including phenoxy) is 1. The number of nitrogens with one attached hydrogen (secondary N) is 2. The van der Waals surface area contributed by atoms with Gasteiger partial charge < -0.3 is 15.4 Å². The van der Waals surface area contributed by atoms with Crippen molar-refractivity contribution in [1.82, 2.24) is 0 Å². The standard InChI is InChI=1S/C16H24N2O2/c1-3-20-16(19)12-9-10-14(15(11-12)17-2)18-13-7-5-4-6-8-13/h9-11,13,17-18H,3-8H2,1-2H3. The molecule has 110 valence electrons. The molecule has 1 saturated carbocycles. The number of carbonyl (C=O) groups excluding carboxylic acids is 1. The quantitative estimate of drug-likeness (QED) is 0.806. The van der Waals surface area contributed by atoms with Crippen molar-refractivity contribution in [2.75, 3.05) is 24.3 Å². The Morgan fingerprint density at radius 2 is 2.00 bits per heavy atom. The van der Waals surface area contributed by atoms with Crippen LogP contribution in [0.3, 0.4) is 0 Å². The zero-order chi connectivity index (χ0) is 14.4. The van der Waals surface area contributed by atoms with E-state index in [2.05, 4.69) is 10.6 Å². The molecular weight excluding hydrogens is 252 g/mol. The van der Waals surface area contributed by atoms with Gasteiger partial charge in [0.1, 0.15) is 0 Å². The number of hydrogen-bond acceptors (Lipinski definition) is 4. The van der Waals surface area contributed by atoms with Gasteiger partial charge in [0.05, 0.1) is 23.5 Å². The van der Waals surface area contributed by atoms with Gasteiger partial charge in [-0.25, -0.2) is 4.79 Å². The van der Waals surface area contributed by atoms with E-state index in [-0.39, 0.29) is 5.97 Å². The molecule has 0 amide bonds. The van der Waals surface area contributed by atoms with Gasteiger partial charge in [0, 0.05) is 13.1 Å². The van der Waals surface area contributed by atoms with E-state index in [1.54, 1.807) is 0 Å². The molecule has 4 nitrogen and oxygen atoms in total. The minimum absolute atomic E-state index is 0.270. The highest BCUT2D eigenvalue weighted by atomic mass is 16.5. The molecule has 1 aromatic rings. The number of esters is 1. The molecule has 0 bridgehead atoms. The normalized spacial score (nSPS) is 15.7. The Hall–Kier alpha value is -1.71. The molecule has 2 rings (SSSR count). The lowest BCUT2D eigenvalue weighted by atomic mass is 9.95. The van der Waals surface area contributed by atoms with Gasteiger partial charge >= 0.3 is 5.97 Å². The second-order valence-electron chi connectivity index (χ2n) is 5.21. The second-order valence-corrected chi connectivity index (χ2v) is 5.21. The highest BCUT2D eigenvalue weighted by Crippen LogP contribution is 2.27. The number of hydrogen-bond donors (Lipinski definition) is 2. The van der Waals surface area contributed by atoms with Crippen LogP contribution in [0.4, 0.5) is 11.4 Å². The van der Waals surface area contributed by atoms with Crippen molar-refractivity contribution in [2.45, 2.75) is 45.1 Å². The maximum atomic E-state index is 11.7. The predicted molar refractivity (Wildman–Crippen MR) is 82.4 cm³/mol. The van der Waals surface area contributed by atoms with E-state index in [0.29, 0.717) is 18.2 Å². The molecule has 1 aliphatic rings. The highest BCUT2D eigenvalue weighted by molar-refractivity contribution is 5.92. The molecule has 0 heterocycles. The summed E-state index contributed by atoms with van der Waals surface area (Å²) in [6.07, 6.45) is 6.39. The summed E-state index contributed by atoms with van der Waals surface area (Å²) in [6, 6.07) is 6.18. The number of carbonyl (C=O) groups is 1. The highest BCUT2D eigenvalue weighted by Gasteiger charge is 2.15. The van der Waals surface area contributed by atoms with Crippen LogP contribution < -0.4 is 10.6 Å². The van der Waals surface area contributed by atoms with Crippen molar-refractivity contribution in [3.63, 3.8) is 0 Å². The largest absolute Gasteiger partial charge is 0.462 e. The van der Waals surface area contributed by atoms with Gasteiger partial charge in [-0.3, -0.25) is 0 Å². The van der Waals surface area contributed by atoms with Crippen molar-refractivity contribution < 1.29 is 9.53 Å². The molecule has 0 radical (unpaired) electrons. The fraction of sp³-hybridized carbons (Fsp3) is 0.562. The van der Waals surface area contributed by atoms with Crippen LogP contribution in [0.2, 0.25) is 0 Å². The lowest BCUT2D eigenvalue weighted by molar-refractivity contribution is 0.0526. The van der Waals surface area contributed by atoms with Crippen molar-refractivity contribution >= 4 is 17.3 Å². The zero-order valence-electron chi connectivity index (χ0n) is 12.4. The first-order chi connectivity index (χ1) is 9.74. The van der Waals surface area contributed by atoms with Crippen molar-refractivity contribution in [1.29, 1.82) is 0 Å². The average molecular weight is 276 g/mol. The summed E-state index contributed by atoms with van der Waals surface area (Å²) in [6.45, 7) is 2.21. The number of anilines is 2. The summed E-state index contributed by atoms with van der Waals surface area (Å²) in [4.78, 5) is 11.7. The van der Waals surface area contributed by atoms with Crippen LogP contribution in [0.25, 0.3) is 0 Å². The second kappa shape index (κ2) is 7.17. The molecule has 1 fully saturated rings. The van der Waals surface area contributed by atoms with E-state index < -0.39 is 0 Å². The SMILES string of the molecule is CCOC(=O)c1ccc(NC2CCCCC2)c(NC)c1. The molecule has 20 heavy (non-hydrogen) atoms. The Kier molecular flexibility index (Phi) is 5.27. The van der Waals surface area contributed by atoms with Crippen LogP contribution in [0.1, 0.15) is 49.4 Å². The maximum absolute atomic E-state index is 11.7. The number of rotatable bonds is 5. The molecule has 2 N–H and O–H groups in total. The summed E-state index contributed by atoms with van der Waals surface area (Å²) < 4.78 is 5.03. The topological polar surface area (TPSA) is 50.4 Å². The Balaban J connectivity index is 2.10. The minimum atomic E-state index is -0.270. The van der Waals surface area contributed by atoms with Crippen LogP contribution in [-0.4, -0.2) is 25.7 Å². The Bertz CT molecular complexity index is 454. The monoisotopic (exact) mass is 276 g/mol. The van der Waals surface area contributed by atoms with Crippen molar-refractivity contribution in [3.8, 4) is 0 Å². The molecule has 0 saturated heterocycles. The van der Waals surface area contributed by atoms with Gasteiger partial charge in [0.15, 0.2) is 0 Å². The molecule has 1 aliphatic carbocycles. The van der Waals surface area contributed by atoms with Gasteiger partial charge in [-0.15, -0.1) is 0 Å². The summed E-state index contributed by atoms with van der Waals surface area (Å²) in [5.41, 5.74) is 2.60. The molecule has 0 spiro atoms. The number of benzene rings is 1. The van der Waals surface area contributed by atoms with E-state index in [9.17, 15) is 4.79 Å². The molecule has 0 atom stereocenters. The van der Waals surface area contributed by atoms with Crippen molar-refractivity contribution in [2.24, 2.45) is 0 Å². The fourth-order valence-electron chi connectivity index (χ4n) is 2.69. The molecule has 0 aliphatic heterocycles. The Morgan fingerprint density at radius 1 is 1.25 bits per heavy atom. The smallest absolute Gasteiger partial charge is 0.338 e. The van der Waals surface area contributed by atoms with Crippen LogP contribution in [0, 0.1) is 0 Å². The Morgan fingerprint density at radius 3 is 2.65 bits per heavy atom. The van der Waals surface area contributed by atoms with Crippen LogP contribution in [0.15, 0.2) is 18.2 Å². The first-order valence-electron chi connectivity index (χ1n) is 7.50. The summed E-state index contributed by atoms with van der Waals surface area (Å²) in [7, 11) is 1.87. The summed E-state index contributed by atoms with van der Waals surface area (Å²) in [5.74, 6) is -0.270. The first-order valence-corrected chi connectivity index (χ1v) is 7.50. The van der Waals surface area contributed by atoms with Crippen LogP contribution >= 0.6 is 0 Å². The van der Waals surface area contributed by atoms with Crippen LogP contribution in [0.5, 0.6) is 0 Å². The van der Waals surface area contributed by atoms with E-state index in [1.165, 1.54) is 32.1 Å². The first kappa shape index (κ1) is 14.7. The van der Waals surface area contributed by atoms with Crippen molar-refractivity contribution in [3.05, 3.63) is 23.8 Å². The molecule has 0 unspecified atom stereocenters. The molecular formula is C16H24N2O2. The average Bonchev–Trinajstić information content (AvgIpc) is 2.49. The van der Waals surface area contributed by atoms with Gasteiger partial charge in [0.2, 0.25) is 0 Å². The van der Waals surface area contributed by atoms with Gasteiger partial charge in [-0.1, -0.05) is 19.3 Å². The zero-order valence-corrected chi connectivity index (χ0v) is 12.4. The lowest BCUT2D eigenvalue weighted by Crippen LogP contribution is -2.22. The minimum Gasteiger partial charge on any atom is -0.462 e.